The molecule has 1 heterocycles. The summed E-state index contributed by atoms with van der Waals surface area (Å²) in [7, 11) is 0. The maximum Gasteiger partial charge on any atom is 0.195 e. The molecule has 48 heavy (non-hydrogen) atoms. The second-order valence-corrected chi connectivity index (χ2v) is 14.6. The lowest BCUT2D eigenvalue weighted by Crippen LogP contribution is -2.28. The number of allylic oxidation sites excluding steroid dienone is 1. The molecule has 0 bridgehead atoms. The average Bonchev–Trinajstić information content (AvgIpc) is 3.29. The van der Waals surface area contributed by atoms with Crippen LogP contribution in [0.25, 0.3) is 0 Å². The summed E-state index contributed by atoms with van der Waals surface area (Å²) in [4.78, 5) is 28.8. The number of amidine groups is 1. The summed E-state index contributed by atoms with van der Waals surface area (Å²) in [6.07, 6.45) is 19.1. The van der Waals surface area contributed by atoms with Gasteiger partial charge in [-0.25, -0.2) is 15.4 Å². The Morgan fingerprint density at radius 2 is 1.42 bits per heavy atom. The van der Waals surface area contributed by atoms with Crippen LogP contribution >= 0.6 is 47.3 Å². The normalized spacial score (nSPS) is 15.8. The second kappa shape index (κ2) is 22.7. The van der Waals surface area contributed by atoms with Gasteiger partial charge in [-0.3, -0.25) is 4.79 Å². The van der Waals surface area contributed by atoms with Gasteiger partial charge >= 0.3 is 0 Å². The van der Waals surface area contributed by atoms with E-state index >= 15 is 0 Å². The lowest BCUT2D eigenvalue weighted by Gasteiger charge is -2.14. The highest BCUT2D eigenvalue weighted by atomic mass is 35.5. The van der Waals surface area contributed by atoms with Crippen molar-refractivity contribution in [2.24, 2.45) is 10.4 Å². The monoisotopic (exact) mass is 741 g/mol. The first-order chi connectivity index (χ1) is 23.3. The molecule has 1 fully saturated rings. The first-order valence-electron chi connectivity index (χ1n) is 16.8. The summed E-state index contributed by atoms with van der Waals surface area (Å²) in [6, 6.07) is 10.4. The lowest BCUT2D eigenvalue weighted by atomic mass is 9.89. The number of anilines is 1. The summed E-state index contributed by atoms with van der Waals surface area (Å²) < 4.78 is 10.5. The smallest absolute Gasteiger partial charge is 0.195 e. The van der Waals surface area contributed by atoms with Gasteiger partial charge in [-0.05, 0) is 56.7 Å². The fourth-order valence-corrected chi connectivity index (χ4v) is 6.36. The van der Waals surface area contributed by atoms with E-state index in [2.05, 4.69) is 22.7 Å². The largest absolute Gasteiger partial charge is 0.513 e. The molecule has 0 aromatic heterocycles. The maximum absolute atomic E-state index is 12.4. The lowest BCUT2D eigenvalue weighted by molar-refractivity contribution is -0.191. The minimum Gasteiger partial charge on any atom is -0.513 e. The Balaban J connectivity index is 1.26. The van der Waals surface area contributed by atoms with Crippen molar-refractivity contribution in [3.05, 3.63) is 58.4 Å². The van der Waals surface area contributed by atoms with Gasteiger partial charge in [-0.2, -0.15) is 4.33 Å². The van der Waals surface area contributed by atoms with Crippen molar-refractivity contribution in [3.8, 4) is 0 Å². The SMILES string of the molecule is CCCCCCCCCCCCCCCCOOSc1ccc(Cl)c(NOOSc2ccc(N=C3N/C(=C/O)C(=O)C3(C)C)c(Cl)c2)c1. The van der Waals surface area contributed by atoms with Crippen LogP contribution in [-0.4, -0.2) is 23.3 Å². The predicted octanol–water partition coefficient (Wildman–Crippen LogP) is 12.0. The Morgan fingerprint density at radius 1 is 0.833 bits per heavy atom. The van der Waals surface area contributed by atoms with Gasteiger partial charge in [0.25, 0.3) is 0 Å². The van der Waals surface area contributed by atoms with Gasteiger partial charge in [0.05, 0.1) is 57.5 Å². The Bertz CT molecular complexity index is 1350. The predicted molar refractivity (Wildman–Crippen MR) is 197 cm³/mol. The van der Waals surface area contributed by atoms with E-state index in [1.54, 1.807) is 44.2 Å². The number of benzene rings is 2. The summed E-state index contributed by atoms with van der Waals surface area (Å²) >= 11 is 14.8. The minimum absolute atomic E-state index is 0.0839. The molecule has 0 unspecified atom stereocenters. The highest BCUT2D eigenvalue weighted by molar-refractivity contribution is 7.94. The molecular formula is C35H49Cl2N3O6S2. The van der Waals surface area contributed by atoms with Crippen LogP contribution in [-0.2, 0) is 23.3 Å². The van der Waals surface area contributed by atoms with E-state index in [0.717, 1.165) is 48.1 Å². The molecule has 0 atom stereocenters. The van der Waals surface area contributed by atoms with E-state index in [9.17, 15) is 9.90 Å². The fraction of sp³-hybridized carbons (Fsp3) is 0.543. The number of hydrogen-bond donors (Lipinski definition) is 3. The summed E-state index contributed by atoms with van der Waals surface area (Å²) in [5, 5.41) is 12.9. The Hall–Kier alpha value is -1.96. The number of unbranched alkanes of at least 4 members (excludes halogenated alkanes) is 13. The summed E-state index contributed by atoms with van der Waals surface area (Å²) in [5.41, 5.74) is 2.78. The molecular weight excluding hydrogens is 693 g/mol. The second-order valence-electron chi connectivity index (χ2n) is 12.2. The van der Waals surface area contributed by atoms with Crippen molar-refractivity contribution in [1.82, 2.24) is 5.32 Å². The molecule has 1 saturated heterocycles. The van der Waals surface area contributed by atoms with Gasteiger partial charge in [-0.1, -0.05) is 114 Å². The number of hydrogen-bond acceptors (Lipinski definition) is 10. The highest BCUT2D eigenvalue weighted by Crippen LogP contribution is 2.35. The Labute approximate surface area is 304 Å². The number of carbonyl (C=O) groups excluding carboxylic acids is 1. The summed E-state index contributed by atoms with van der Waals surface area (Å²) in [6.45, 7) is 6.26. The number of nitrogens with zero attached hydrogens (tertiary/aromatic N) is 1. The molecule has 9 nitrogen and oxygen atoms in total. The molecule has 1 aliphatic rings. The molecule has 266 valence electrons. The van der Waals surface area contributed by atoms with Crippen LogP contribution in [0.3, 0.4) is 0 Å². The molecule has 0 amide bonds. The number of Topliss-reactive ketones (excluding diaryl/α,β-unsaturated/α-hetero) is 1. The van der Waals surface area contributed by atoms with Crippen LogP contribution in [0.15, 0.2) is 63.1 Å². The van der Waals surface area contributed by atoms with Crippen molar-refractivity contribution in [2.45, 2.75) is 120 Å². The number of ketones is 1. The number of aliphatic imine (C=N–C) groups is 1. The maximum atomic E-state index is 12.4. The standard InChI is InChI=1S/C35H49Cl2N3O6S2/c1-4-5-6-7-8-9-10-11-12-13-14-15-16-17-22-43-45-47-27-18-20-28(36)31(24-27)40-44-46-48-26-19-21-30(29(37)23-26)38-34-35(2,3)33(42)32(25-41)39-34/h18-21,23-25,40-41H,4-17,22H2,1-3H3,(H,38,39)/b32-25+. The van der Waals surface area contributed by atoms with Gasteiger partial charge in [0.1, 0.15) is 17.8 Å². The molecule has 2 aromatic carbocycles. The molecule has 0 radical (unpaired) electrons. The third-order valence-corrected chi connectivity index (χ3v) is 9.78. The van der Waals surface area contributed by atoms with E-state index in [0.29, 0.717) is 38.8 Å². The molecule has 0 aliphatic carbocycles. The average molecular weight is 743 g/mol. The Morgan fingerprint density at radius 3 is 2.02 bits per heavy atom. The van der Waals surface area contributed by atoms with Gasteiger partial charge in [0, 0.05) is 9.79 Å². The number of carbonyl (C=O) groups is 1. The van der Waals surface area contributed by atoms with Gasteiger partial charge < -0.3 is 10.4 Å². The molecule has 13 heteroatoms. The molecule has 1 aliphatic heterocycles. The quantitative estimate of drug-likeness (QED) is 0.0240. The molecule has 3 rings (SSSR count). The first kappa shape index (κ1) is 40.5. The summed E-state index contributed by atoms with van der Waals surface area (Å²) in [5.74, 6) is 0.128. The highest BCUT2D eigenvalue weighted by Gasteiger charge is 2.43. The molecule has 0 saturated carbocycles. The van der Waals surface area contributed by atoms with E-state index in [4.69, 9.17) is 41.7 Å². The fourth-order valence-electron chi connectivity index (χ4n) is 5.00. The van der Waals surface area contributed by atoms with Crippen LogP contribution in [0, 0.1) is 5.41 Å². The van der Waals surface area contributed by atoms with Gasteiger partial charge in [-0.15, -0.1) is 9.32 Å². The van der Waals surface area contributed by atoms with Crippen LogP contribution < -0.4 is 10.8 Å². The van der Waals surface area contributed by atoms with E-state index in [-0.39, 0.29) is 11.5 Å². The van der Waals surface area contributed by atoms with Crippen molar-refractivity contribution in [1.29, 1.82) is 0 Å². The van der Waals surface area contributed by atoms with E-state index in [1.165, 1.54) is 77.0 Å². The third kappa shape index (κ3) is 14.1. The van der Waals surface area contributed by atoms with Crippen molar-refractivity contribution in [3.63, 3.8) is 0 Å². The van der Waals surface area contributed by atoms with E-state index < -0.39 is 5.41 Å². The number of aliphatic hydroxyl groups excluding tert-OH is 1. The topological polar surface area (TPSA) is 111 Å². The molecule has 2 aromatic rings. The Kier molecular flexibility index (Phi) is 19.1. The van der Waals surface area contributed by atoms with E-state index in [1.807, 2.05) is 6.07 Å². The third-order valence-electron chi connectivity index (χ3n) is 7.95. The van der Waals surface area contributed by atoms with Gasteiger partial charge in [0.15, 0.2) is 5.78 Å². The van der Waals surface area contributed by atoms with Crippen LogP contribution in [0.1, 0.15) is 111 Å². The molecule has 0 spiro atoms. The first-order valence-corrected chi connectivity index (χ1v) is 19.1. The van der Waals surface area contributed by atoms with Crippen molar-refractivity contribution in [2.75, 3.05) is 12.1 Å². The zero-order chi connectivity index (χ0) is 34.6. The number of nitrogens with one attached hydrogen (secondary N) is 2. The number of aliphatic hydroxyl groups is 1. The van der Waals surface area contributed by atoms with Crippen LogP contribution in [0.4, 0.5) is 11.4 Å². The molecule has 3 N–H and O–H groups in total. The minimum atomic E-state index is -0.921. The van der Waals surface area contributed by atoms with Crippen molar-refractivity contribution < 1.29 is 28.4 Å². The number of rotatable bonds is 24. The zero-order valence-corrected chi connectivity index (χ0v) is 31.3. The van der Waals surface area contributed by atoms with Crippen LogP contribution in [0.2, 0.25) is 10.0 Å². The number of halogens is 2. The van der Waals surface area contributed by atoms with Crippen molar-refractivity contribution >= 4 is 70.3 Å². The van der Waals surface area contributed by atoms with Gasteiger partial charge in [0.2, 0.25) is 0 Å². The zero-order valence-electron chi connectivity index (χ0n) is 28.2. The van der Waals surface area contributed by atoms with Crippen LogP contribution in [0.5, 0.6) is 0 Å².